The summed E-state index contributed by atoms with van der Waals surface area (Å²) in [6.07, 6.45) is 0. The molecule has 0 unspecified atom stereocenters. The van der Waals surface area contributed by atoms with Crippen molar-refractivity contribution in [3.8, 4) is 0 Å². The van der Waals surface area contributed by atoms with Crippen molar-refractivity contribution in [3.05, 3.63) is 0 Å². The van der Waals surface area contributed by atoms with Gasteiger partial charge in [-0.15, -0.1) is 0 Å². The minimum absolute atomic E-state index is 0.188. The van der Waals surface area contributed by atoms with E-state index in [0.29, 0.717) is 0 Å². The molecule has 0 fully saturated rings. The molecule has 3 N–H and O–H groups in total. The van der Waals surface area contributed by atoms with E-state index in [2.05, 4.69) is 0 Å². The van der Waals surface area contributed by atoms with Gasteiger partial charge in [-0.05, 0) is 0 Å². The molecule has 0 aliphatic heterocycles. The standard InChI is InChI=1S/CF3.Li.H3O4P/c2-1(3)4;;1-5(2,3)4/h;;(H3,1,2,3,4). The molecular formula is CH3F3LiO4P. The summed E-state index contributed by atoms with van der Waals surface area (Å²) >= 11 is 0.188. The number of phosphoric acid groups is 1. The number of hydrogen-bond donors (Lipinski definition) is 3. The molecule has 0 amide bonds. The Kier molecular flexibility index (Phi) is 5.76. The Morgan fingerprint density at radius 3 is 1.20 bits per heavy atom. The van der Waals surface area contributed by atoms with Crippen LogP contribution in [0.2, 0.25) is 0 Å². The average molecular weight is 174 g/mol. The molecule has 0 aromatic carbocycles. The fraction of sp³-hybridized carbons (Fsp3) is 1.00. The van der Waals surface area contributed by atoms with E-state index < -0.39 is 12.7 Å². The van der Waals surface area contributed by atoms with Crippen LogP contribution in [0.5, 0.6) is 0 Å². The quantitative estimate of drug-likeness (QED) is 0.349. The van der Waals surface area contributed by atoms with Gasteiger partial charge < -0.3 is 14.7 Å². The summed E-state index contributed by atoms with van der Waals surface area (Å²) in [6.45, 7) is 0. The van der Waals surface area contributed by atoms with Gasteiger partial charge in [0, 0.05) is 0 Å². The predicted molar refractivity (Wildman–Crippen MR) is 26.1 cm³/mol. The molecule has 0 aromatic rings. The maximum atomic E-state index is 10.4. The molecule has 0 bridgehead atoms. The van der Waals surface area contributed by atoms with Gasteiger partial charge in [-0.1, -0.05) is 0 Å². The monoisotopic (exact) mass is 174 g/mol. The van der Waals surface area contributed by atoms with Crippen LogP contribution in [0.25, 0.3) is 0 Å². The first-order valence-electron chi connectivity index (χ1n) is 1.85. The Morgan fingerprint density at radius 2 is 1.20 bits per heavy atom. The SMILES string of the molecule is O=P(O)(O)O.[Li][C](F)(F)F. The number of halogens is 3. The van der Waals surface area contributed by atoms with E-state index in [9.17, 15) is 13.2 Å². The second-order valence-corrected chi connectivity index (χ2v) is 2.32. The van der Waals surface area contributed by atoms with E-state index in [1.807, 2.05) is 0 Å². The Morgan fingerprint density at radius 1 is 1.20 bits per heavy atom. The molecule has 0 radical (unpaired) electrons. The minimum atomic E-state index is -4.64. The molecule has 4 nitrogen and oxygen atoms in total. The van der Waals surface area contributed by atoms with E-state index in [4.69, 9.17) is 19.2 Å². The normalized spacial score (nSPS) is 12.0. The predicted octanol–water partition coefficient (Wildman–Crippen LogP) is -0.254. The van der Waals surface area contributed by atoms with Crippen molar-refractivity contribution in [3.63, 3.8) is 0 Å². The van der Waals surface area contributed by atoms with Gasteiger partial charge >= 0.3 is 43.6 Å². The van der Waals surface area contributed by atoms with Crippen molar-refractivity contribution in [2.45, 2.75) is 4.85 Å². The molecule has 0 aliphatic carbocycles. The van der Waals surface area contributed by atoms with Crippen molar-refractivity contribution in [1.82, 2.24) is 0 Å². The zero-order valence-electron chi connectivity index (χ0n) is 4.83. The number of alkyl halides is 3. The molecule has 0 rings (SSSR count). The summed E-state index contributed by atoms with van der Waals surface area (Å²) in [4.78, 5) is 17.6. The van der Waals surface area contributed by atoms with Crippen molar-refractivity contribution >= 4 is 25.5 Å². The summed E-state index contributed by atoms with van der Waals surface area (Å²) < 4.78 is 39.9. The topological polar surface area (TPSA) is 77.8 Å². The Hall–Kier alpha value is 0.497. The zero-order valence-corrected chi connectivity index (χ0v) is 5.73. The van der Waals surface area contributed by atoms with E-state index in [-0.39, 0.29) is 17.7 Å². The van der Waals surface area contributed by atoms with Crippen molar-refractivity contribution in [2.24, 2.45) is 0 Å². The Balaban J connectivity index is 0. The Labute approximate surface area is 63.5 Å². The second kappa shape index (κ2) is 4.39. The molecule has 0 saturated heterocycles. The molecular weight excluding hydrogens is 171 g/mol. The van der Waals surface area contributed by atoms with Crippen molar-refractivity contribution in [1.29, 1.82) is 0 Å². The number of rotatable bonds is 0. The number of hydrogen-bond acceptors (Lipinski definition) is 1. The van der Waals surface area contributed by atoms with Crippen LogP contribution in [-0.4, -0.2) is 37.2 Å². The van der Waals surface area contributed by atoms with Gasteiger partial charge in [0.1, 0.15) is 0 Å². The summed E-state index contributed by atoms with van der Waals surface area (Å²) in [7, 11) is -4.64. The van der Waals surface area contributed by atoms with E-state index in [0.717, 1.165) is 0 Å². The molecule has 0 saturated carbocycles. The summed E-state index contributed by atoms with van der Waals surface area (Å²) in [5.74, 6) is 0. The molecule has 0 heterocycles. The molecule has 0 aromatic heterocycles. The van der Waals surface area contributed by atoms with Gasteiger partial charge in [-0.2, -0.15) is 0 Å². The van der Waals surface area contributed by atoms with Crippen LogP contribution < -0.4 is 0 Å². The van der Waals surface area contributed by atoms with Crippen molar-refractivity contribution in [2.75, 3.05) is 0 Å². The second-order valence-electron chi connectivity index (χ2n) is 1.29. The summed E-state index contributed by atoms with van der Waals surface area (Å²) in [5.41, 5.74) is 0. The van der Waals surface area contributed by atoms with Gasteiger partial charge in [0.05, 0.1) is 0 Å². The van der Waals surface area contributed by atoms with Crippen LogP contribution in [0.4, 0.5) is 13.2 Å². The first-order valence-corrected chi connectivity index (χ1v) is 3.41. The molecule has 0 atom stereocenters. The molecule has 10 heavy (non-hydrogen) atoms. The maximum absolute atomic E-state index is 10.4. The first kappa shape index (κ1) is 13.1. The van der Waals surface area contributed by atoms with Gasteiger partial charge in [0.2, 0.25) is 0 Å². The average Bonchev–Trinajstić information content (AvgIpc) is 1.12. The third-order valence-electron chi connectivity index (χ3n) is 0. The molecule has 58 valence electrons. The van der Waals surface area contributed by atoms with Crippen LogP contribution >= 0.6 is 7.82 Å². The first-order chi connectivity index (χ1) is 4.00. The third kappa shape index (κ3) is 1930. The zero-order chi connectivity index (χ0) is 9.00. The fourth-order valence-corrected chi connectivity index (χ4v) is 0. The van der Waals surface area contributed by atoms with Crippen LogP contribution in [0.1, 0.15) is 0 Å². The molecule has 9 heteroatoms. The molecule has 0 aliphatic rings. The van der Waals surface area contributed by atoms with Crippen LogP contribution in [0.3, 0.4) is 0 Å². The van der Waals surface area contributed by atoms with Crippen molar-refractivity contribution < 1.29 is 32.4 Å². The fourth-order valence-electron chi connectivity index (χ4n) is 0. The van der Waals surface area contributed by atoms with Gasteiger partial charge in [0.25, 0.3) is 0 Å². The summed E-state index contributed by atoms with van der Waals surface area (Å²) in [5, 5.41) is 0. The van der Waals surface area contributed by atoms with Crippen LogP contribution in [0.15, 0.2) is 0 Å². The molecule has 0 spiro atoms. The van der Waals surface area contributed by atoms with Crippen LogP contribution in [0, 0.1) is 0 Å². The summed E-state index contributed by atoms with van der Waals surface area (Å²) in [6, 6.07) is 0. The van der Waals surface area contributed by atoms with E-state index in [1.165, 1.54) is 0 Å². The van der Waals surface area contributed by atoms with E-state index >= 15 is 0 Å². The van der Waals surface area contributed by atoms with Gasteiger partial charge in [-0.25, -0.2) is 4.57 Å². The van der Waals surface area contributed by atoms with Gasteiger partial charge in [0.15, 0.2) is 0 Å². The van der Waals surface area contributed by atoms with Crippen LogP contribution in [-0.2, 0) is 4.57 Å². The Bertz CT molecular complexity index is 113. The van der Waals surface area contributed by atoms with Gasteiger partial charge in [-0.3, -0.25) is 0 Å². The third-order valence-corrected chi connectivity index (χ3v) is 0. The van der Waals surface area contributed by atoms with E-state index in [1.54, 1.807) is 0 Å².